The van der Waals surface area contributed by atoms with E-state index in [2.05, 4.69) is 13.8 Å². The minimum absolute atomic E-state index is 0.467. The van der Waals surface area contributed by atoms with E-state index in [1.807, 2.05) is 12.2 Å². The summed E-state index contributed by atoms with van der Waals surface area (Å²) in [6.45, 7) is 7.79. The van der Waals surface area contributed by atoms with E-state index in [1.54, 1.807) is 13.8 Å². The number of rotatable bonds is 9. The van der Waals surface area contributed by atoms with E-state index in [0.29, 0.717) is 17.1 Å². The molecule has 0 unspecified atom stereocenters. The van der Waals surface area contributed by atoms with Gasteiger partial charge < -0.3 is 10.2 Å². The Bertz CT molecular complexity index is 469. The van der Waals surface area contributed by atoms with Crippen LogP contribution in [0.1, 0.15) is 91.9 Å². The second-order valence-corrected chi connectivity index (χ2v) is 7.78. The number of hydrogen-bond acceptors (Lipinski definition) is 2. The van der Waals surface area contributed by atoms with Crippen molar-refractivity contribution in [1.29, 1.82) is 0 Å². The van der Waals surface area contributed by atoms with Gasteiger partial charge in [-0.2, -0.15) is 0 Å². The molecule has 0 spiro atoms. The topological polar surface area (TPSA) is 74.6 Å². The standard InChI is InChI=1S/C12H22O2.C10H16O2/c1-10(2)8-6-4-5-7-9-11(3)12(13)14;1-8(10(11)12)7-9-5-3-2-4-6-9/h9-10H,4-8H2,1-3H3,(H,13,14);7,9H,2-6H2,1H3,(H,11,12). The van der Waals surface area contributed by atoms with Gasteiger partial charge in [-0.1, -0.05) is 64.5 Å². The highest BCUT2D eigenvalue weighted by Crippen LogP contribution is 2.25. The highest BCUT2D eigenvalue weighted by Gasteiger charge is 2.12. The van der Waals surface area contributed by atoms with Crippen molar-refractivity contribution >= 4 is 11.9 Å². The lowest BCUT2D eigenvalue weighted by atomic mass is 9.88. The Morgan fingerprint density at radius 1 is 0.923 bits per heavy atom. The van der Waals surface area contributed by atoms with Crippen LogP contribution in [-0.2, 0) is 9.59 Å². The van der Waals surface area contributed by atoms with Gasteiger partial charge in [-0.25, -0.2) is 9.59 Å². The first-order valence-electron chi connectivity index (χ1n) is 10.1. The number of carbonyl (C=O) groups is 2. The number of allylic oxidation sites excluding steroid dienone is 2. The number of aliphatic carboxylic acids is 2. The van der Waals surface area contributed by atoms with Crippen molar-refractivity contribution in [3.8, 4) is 0 Å². The maximum atomic E-state index is 10.5. The SMILES string of the molecule is CC(=CC1CCCCC1)C(=O)O.CC(=CCCCCCC(C)C)C(=O)O. The third kappa shape index (κ3) is 13.7. The number of hydrogen-bond donors (Lipinski definition) is 2. The minimum Gasteiger partial charge on any atom is -0.478 e. The summed E-state index contributed by atoms with van der Waals surface area (Å²) in [7, 11) is 0. The molecule has 0 aromatic carbocycles. The number of carboxylic acid groups (broad SMARTS) is 2. The monoisotopic (exact) mass is 366 g/mol. The third-order valence-electron chi connectivity index (χ3n) is 4.75. The van der Waals surface area contributed by atoms with Crippen molar-refractivity contribution in [2.24, 2.45) is 11.8 Å². The molecule has 0 saturated heterocycles. The van der Waals surface area contributed by atoms with E-state index in [1.165, 1.54) is 51.4 Å². The molecular formula is C22H38O4. The Labute approximate surface area is 159 Å². The fraction of sp³-hybridized carbons (Fsp3) is 0.727. The van der Waals surface area contributed by atoms with Crippen LogP contribution in [0.3, 0.4) is 0 Å². The molecule has 0 aliphatic heterocycles. The first-order chi connectivity index (χ1) is 12.2. The fourth-order valence-corrected chi connectivity index (χ4v) is 3.01. The fourth-order valence-electron chi connectivity index (χ4n) is 3.01. The lowest BCUT2D eigenvalue weighted by molar-refractivity contribution is -0.133. The average molecular weight is 367 g/mol. The summed E-state index contributed by atoms with van der Waals surface area (Å²) in [4.78, 5) is 20.9. The molecule has 0 heterocycles. The van der Waals surface area contributed by atoms with Gasteiger partial charge in [0.2, 0.25) is 0 Å². The molecule has 0 aromatic rings. The smallest absolute Gasteiger partial charge is 0.330 e. The van der Waals surface area contributed by atoms with Crippen LogP contribution in [-0.4, -0.2) is 22.2 Å². The van der Waals surface area contributed by atoms with Crippen LogP contribution in [0.4, 0.5) is 0 Å². The zero-order chi connectivity index (χ0) is 19.9. The first kappa shape index (κ1) is 24.4. The maximum Gasteiger partial charge on any atom is 0.330 e. The Hall–Kier alpha value is -1.58. The molecule has 4 nitrogen and oxygen atoms in total. The summed E-state index contributed by atoms with van der Waals surface area (Å²) in [5.74, 6) is -0.270. The van der Waals surface area contributed by atoms with Gasteiger partial charge in [0, 0.05) is 11.1 Å². The molecule has 1 fully saturated rings. The van der Waals surface area contributed by atoms with Crippen molar-refractivity contribution in [1.82, 2.24) is 0 Å². The van der Waals surface area contributed by atoms with Crippen molar-refractivity contribution in [2.75, 3.05) is 0 Å². The Morgan fingerprint density at radius 3 is 2.00 bits per heavy atom. The zero-order valence-electron chi connectivity index (χ0n) is 17.1. The van der Waals surface area contributed by atoms with Crippen LogP contribution in [0.25, 0.3) is 0 Å². The normalized spacial score (nSPS) is 16.2. The zero-order valence-corrected chi connectivity index (χ0v) is 17.1. The number of carboxylic acids is 2. The van der Waals surface area contributed by atoms with Crippen molar-refractivity contribution in [3.63, 3.8) is 0 Å². The summed E-state index contributed by atoms with van der Waals surface area (Å²) in [6, 6.07) is 0. The molecule has 1 aliphatic carbocycles. The van der Waals surface area contributed by atoms with E-state index < -0.39 is 11.9 Å². The Morgan fingerprint density at radius 2 is 1.50 bits per heavy atom. The Kier molecular flexibility index (Phi) is 13.7. The lowest BCUT2D eigenvalue weighted by Gasteiger charge is -2.18. The highest BCUT2D eigenvalue weighted by atomic mass is 16.4. The summed E-state index contributed by atoms with van der Waals surface area (Å²) in [6.07, 6.45) is 15.7. The minimum atomic E-state index is -0.799. The van der Waals surface area contributed by atoms with Gasteiger partial charge in [0.15, 0.2) is 0 Å². The predicted octanol–water partition coefficient (Wildman–Crippen LogP) is 6.22. The van der Waals surface area contributed by atoms with Crippen molar-refractivity contribution < 1.29 is 19.8 Å². The van der Waals surface area contributed by atoms with Gasteiger partial charge >= 0.3 is 11.9 Å². The maximum absolute atomic E-state index is 10.5. The van der Waals surface area contributed by atoms with Crippen LogP contribution < -0.4 is 0 Å². The average Bonchev–Trinajstić information content (AvgIpc) is 2.58. The van der Waals surface area contributed by atoms with Gasteiger partial charge in [-0.15, -0.1) is 0 Å². The largest absolute Gasteiger partial charge is 0.478 e. The summed E-state index contributed by atoms with van der Waals surface area (Å²) in [5.41, 5.74) is 0.968. The molecule has 1 saturated carbocycles. The molecule has 26 heavy (non-hydrogen) atoms. The van der Waals surface area contributed by atoms with Gasteiger partial charge in [-0.05, 0) is 51.4 Å². The van der Waals surface area contributed by atoms with E-state index >= 15 is 0 Å². The van der Waals surface area contributed by atoms with E-state index in [4.69, 9.17) is 10.2 Å². The molecule has 1 rings (SSSR count). The van der Waals surface area contributed by atoms with Gasteiger partial charge in [-0.3, -0.25) is 0 Å². The van der Waals surface area contributed by atoms with E-state index in [0.717, 1.165) is 18.8 Å². The first-order valence-corrected chi connectivity index (χ1v) is 10.1. The molecule has 0 radical (unpaired) electrons. The second kappa shape index (κ2) is 14.6. The molecule has 150 valence electrons. The molecule has 0 aromatic heterocycles. The quantitative estimate of drug-likeness (QED) is 0.375. The van der Waals surface area contributed by atoms with Gasteiger partial charge in [0.25, 0.3) is 0 Å². The van der Waals surface area contributed by atoms with Gasteiger partial charge in [0.1, 0.15) is 0 Å². The van der Waals surface area contributed by atoms with Gasteiger partial charge in [0.05, 0.1) is 0 Å². The van der Waals surface area contributed by atoms with E-state index in [-0.39, 0.29) is 0 Å². The van der Waals surface area contributed by atoms with Crippen molar-refractivity contribution in [2.45, 2.75) is 91.9 Å². The van der Waals surface area contributed by atoms with Crippen molar-refractivity contribution in [3.05, 3.63) is 23.3 Å². The summed E-state index contributed by atoms with van der Waals surface area (Å²) >= 11 is 0. The summed E-state index contributed by atoms with van der Waals surface area (Å²) < 4.78 is 0. The molecule has 0 bridgehead atoms. The lowest BCUT2D eigenvalue weighted by Crippen LogP contribution is -2.06. The van der Waals surface area contributed by atoms with Crippen LogP contribution in [0.5, 0.6) is 0 Å². The predicted molar refractivity (Wildman–Crippen MR) is 107 cm³/mol. The van der Waals surface area contributed by atoms with E-state index in [9.17, 15) is 9.59 Å². The second-order valence-electron chi connectivity index (χ2n) is 7.78. The van der Waals surface area contributed by atoms with Crippen LogP contribution in [0.2, 0.25) is 0 Å². The highest BCUT2D eigenvalue weighted by molar-refractivity contribution is 5.86. The molecule has 1 aliphatic rings. The number of unbranched alkanes of at least 4 members (excludes halogenated alkanes) is 3. The van der Waals surface area contributed by atoms with Crippen LogP contribution in [0, 0.1) is 11.8 Å². The third-order valence-corrected chi connectivity index (χ3v) is 4.75. The summed E-state index contributed by atoms with van der Waals surface area (Å²) in [5, 5.41) is 17.2. The molecule has 2 N–H and O–H groups in total. The molecule has 4 heteroatoms. The molecule has 0 atom stereocenters. The molecule has 0 amide bonds. The van der Waals surface area contributed by atoms with Crippen LogP contribution in [0.15, 0.2) is 23.3 Å². The van der Waals surface area contributed by atoms with Crippen LogP contribution >= 0.6 is 0 Å². The molecular weight excluding hydrogens is 328 g/mol. The Balaban J connectivity index is 0.000000485.